The zero-order valence-electron chi connectivity index (χ0n) is 27.9. The fourth-order valence-electron chi connectivity index (χ4n) is 7.06. The molecule has 0 bridgehead atoms. The second kappa shape index (κ2) is 16.3. The van der Waals surface area contributed by atoms with Gasteiger partial charge in [-0.15, -0.1) is 0 Å². The first-order valence-electron chi connectivity index (χ1n) is 16.9. The van der Waals surface area contributed by atoms with Crippen molar-refractivity contribution < 1.29 is 19.1 Å². The van der Waals surface area contributed by atoms with Crippen LogP contribution in [0, 0.1) is 0 Å². The molecule has 1 aromatic carbocycles. The number of ether oxygens (including phenoxy) is 1. The lowest BCUT2D eigenvalue weighted by Gasteiger charge is -2.44. The summed E-state index contributed by atoms with van der Waals surface area (Å²) in [6.07, 6.45) is 10.8. The Labute approximate surface area is 274 Å². The van der Waals surface area contributed by atoms with E-state index in [1.807, 2.05) is 64.0 Å². The Bertz CT molecular complexity index is 1100. The highest BCUT2D eigenvalue weighted by atomic mass is 35.5. The average Bonchev–Trinajstić information content (AvgIpc) is 2.98. The molecule has 3 N–H and O–H groups in total. The predicted octanol–water partition coefficient (Wildman–Crippen LogP) is 5.49. The number of amides is 4. The van der Waals surface area contributed by atoms with Crippen molar-refractivity contribution in [1.82, 2.24) is 30.9 Å². The summed E-state index contributed by atoms with van der Waals surface area (Å²) < 4.78 is 5.44. The van der Waals surface area contributed by atoms with Crippen molar-refractivity contribution in [3.8, 4) is 0 Å². The SMILES string of the molecule is CN(C)NC(=O)N(C1CCCCC1)C1CCN(C(=O)[C@@H](Cc2ccc(Cl)cc2)NC2CCC(NC(=O)OC(C)(C)C)CC2)CC1. The van der Waals surface area contributed by atoms with Gasteiger partial charge in [0.2, 0.25) is 5.91 Å². The van der Waals surface area contributed by atoms with Crippen LogP contribution in [0.15, 0.2) is 24.3 Å². The molecule has 0 radical (unpaired) electrons. The van der Waals surface area contributed by atoms with Crippen molar-refractivity contribution in [3.63, 3.8) is 0 Å². The standard InChI is InChI=1S/C34H55ClN6O4/c1-34(2,3)45-33(44)37-27-17-15-26(16-18-27)36-30(23-24-11-13-25(35)14-12-24)31(42)40-21-19-29(20-22-40)41(32(43)38-39(4)5)28-9-7-6-8-10-28/h11-14,26-30,36H,6-10,15-23H2,1-5H3,(H,37,44)(H,38,43)/t26?,27?,30-/m1/s1. The number of piperidine rings is 1. The smallest absolute Gasteiger partial charge is 0.407 e. The number of nitrogens with one attached hydrogen (secondary N) is 3. The van der Waals surface area contributed by atoms with E-state index in [-0.39, 0.29) is 48.2 Å². The highest BCUT2D eigenvalue weighted by molar-refractivity contribution is 6.30. The van der Waals surface area contributed by atoms with E-state index < -0.39 is 5.60 Å². The fraction of sp³-hybridized carbons (Fsp3) is 0.735. The van der Waals surface area contributed by atoms with Gasteiger partial charge in [-0.3, -0.25) is 10.2 Å². The van der Waals surface area contributed by atoms with Gasteiger partial charge in [0.05, 0.1) is 6.04 Å². The molecule has 1 aromatic rings. The third-order valence-corrected chi connectivity index (χ3v) is 9.48. The molecule has 45 heavy (non-hydrogen) atoms. The zero-order chi connectivity index (χ0) is 32.6. The van der Waals surface area contributed by atoms with Crippen molar-refractivity contribution in [3.05, 3.63) is 34.9 Å². The van der Waals surface area contributed by atoms with Crippen LogP contribution in [-0.4, -0.2) is 95.8 Å². The van der Waals surface area contributed by atoms with Crippen LogP contribution < -0.4 is 16.1 Å². The summed E-state index contributed by atoms with van der Waals surface area (Å²) in [6.45, 7) is 6.86. The Balaban J connectivity index is 1.37. The van der Waals surface area contributed by atoms with E-state index in [1.165, 1.54) is 6.42 Å². The van der Waals surface area contributed by atoms with Crippen LogP contribution in [0.4, 0.5) is 9.59 Å². The Kier molecular flexibility index (Phi) is 12.8. The number of halogens is 1. The van der Waals surface area contributed by atoms with Gasteiger partial charge in [-0.05, 0) is 96.3 Å². The maximum absolute atomic E-state index is 14.1. The monoisotopic (exact) mass is 646 g/mol. The maximum atomic E-state index is 14.1. The summed E-state index contributed by atoms with van der Waals surface area (Å²) in [6, 6.07) is 7.94. The Morgan fingerprint density at radius 3 is 2.04 bits per heavy atom. The second-order valence-electron chi connectivity index (χ2n) is 14.3. The van der Waals surface area contributed by atoms with Crippen LogP contribution in [-0.2, 0) is 16.0 Å². The van der Waals surface area contributed by atoms with Gasteiger partial charge in [0.15, 0.2) is 0 Å². The molecule has 252 valence electrons. The van der Waals surface area contributed by atoms with E-state index in [1.54, 1.807) is 5.01 Å². The van der Waals surface area contributed by atoms with Crippen molar-refractivity contribution in [2.75, 3.05) is 27.2 Å². The molecule has 0 aromatic heterocycles. The summed E-state index contributed by atoms with van der Waals surface area (Å²) in [7, 11) is 3.69. The molecule has 3 aliphatic rings. The number of hydrogen-bond donors (Lipinski definition) is 3. The first-order chi connectivity index (χ1) is 21.4. The molecule has 4 amide bonds. The minimum Gasteiger partial charge on any atom is -0.444 e. The highest BCUT2D eigenvalue weighted by Gasteiger charge is 2.37. The topological polar surface area (TPSA) is 106 Å². The molecule has 1 aliphatic heterocycles. The van der Waals surface area contributed by atoms with E-state index in [2.05, 4.69) is 21.0 Å². The lowest BCUT2D eigenvalue weighted by Crippen LogP contribution is -2.59. The minimum atomic E-state index is -0.528. The first kappa shape index (κ1) is 35.3. The van der Waals surface area contributed by atoms with E-state index in [0.717, 1.165) is 69.8 Å². The molecule has 10 nitrogen and oxygen atoms in total. The Morgan fingerprint density at radius 1 is 0.889 bits per heavy atom. The quantitative estimate of drug-likeness (QED) is 0.307. The summed E-state index contributed by atoms with van der Waals surface area (Å²) in [5.74, 6) is 0.111. The zero-order valence-corrected chi connectivity index (χ0v) is 28.7. The van der Waals surface area contributed by atoms with Crippen LogP contribution >= 0.6 is 11.6 Å². The van der Waals surface area contributed by atoms with E-state index in [4.69, 9.17) is 16.3 Å². The number of alkyl carbamates (subject to hydrolysis) is 1. The number of carbonyl (C=O) groups excluding carboxylic acids is 3. The minimum absolute atomic E-state index is 0.0317. The van der Waals surface area contributed by atoms with Crippen LogP contribution in [0.5, 0.6) is 0 Å². The number of likely N-dealkylation sites (tertiary alicyclic amines) is 1. The number of benzene rings is 1. The van der Waals surface area contributed by atoms with E-state index in [9.17, 15) is 14.4 Å². The molecule has 2 aliphatic carbocycles. The Morgan fingerprint density at radius 2 is 1.47 bits per heavy atom. The molecule has 0 spiro atoms. The molecule has 4 rings (SSSR count). The molecule has 3 fully saturated rings. The summed E-state index contributed by atoms with van der Waals surface area (Å²) in [4.78, 5) is 43.8. The highest BCUT2D eigenvalue weighted by Crippen LogP contribution is 2.29. The number of hydrogen-bond acceptors (Lipinski definition) is 6. The van der Waals surface area contributed by atoms with Crippen LogP contribution in [0.25, 0.3) is 0 Å². The third-order valence-electron chi connectivity index (χ3n) is 9.23. The summed E-state index contributed by atoms with van der Waals surface area (Å²) in [5.41, 5.74) is 3.51. The number of urea groups is 1. The van der Waals surface area contributed by atoms with Gasteiger partial charge in [0.25, 0.3) is 0 Å². The number of nitrogens with zero attached hydrogens (tertiary/aromatic N) is 3. The molecule has 2 saturated carbocycles. The molecule has 1 heterocycles. The molecular weight excluding hydrogens is 592 g/mol. The molecular formula is C34H55ClN6O4. The maximum Gasteiger partial charge on any atom is 0.407 e. The predicted molar refractivity (Wildman–Crippen MR) is 178 cm³/mol. The van der Waals surface area contributed by atoms with Crippen LogP contribution in [0.2, 0.25) is 5.02 Å². The van der Waals surface area contributed by atoms with E-state index in [0.29, 0.717) is 24.5 Å². The van der Waals surface area contributed by atoms with Gasteiger partial charge >= 0.3 is 12.1 Å². The lowest BCUT2D eigenvalue weighted by atomic mass is 9.89. The van der Waals surface area contributed by atoms with Gasteiger partial charge in [-0.1, -0.05) is 43.0 Å². The van der Waals surface area contributed by atoms with Gasteiger partial charge in [0, 0.05) is 56.4 Å². The third kappa shape index (κ3) is 11.0. The second-order valence-corrected chi connectivity index (χ2v) is 14.7. The summed E-state index contributed by atoms with van der Waals surface area (Å²) >= 11 is 6.15. The van der Waals surface area contributed by atoms with Crippen molar-refractivity contribution in [2.45, 2.75) is 134 Å². The van der Waals surface area contributed by atoms with Crippen LogP contribution in [0.1, 0.15) is 97.0 Å². The number of rotatable bonds is 9. The van der Waals surface area contributed by atoms with Gasteiger partial charge < -0.3 is 25.2 Å². The average molecular weight is 647 g/mol. The molecule has 11 heteroatoms. The van der Waals surface area contributed by atoms with Crippen molar-refractivity contribution >= 4 is 29.6 Å². The van der Waals surface area contributed by atoms with Crippen molar-refractivity contribution in [1.29, 1.82) is 0 Å². The van der Waals surface area contributed by atoms with E-state index >= 15 is 0 Å². The summed E-state index contributed by atoms with van der Waals surface area (Å²) in [5, 5.41) is 9.11. The Hall–Kier alpha value is -2.56. The van der Waals surface area contributed by atoms with Crippen molar-refractivity contribution in [2.24, 2.45) is 0 Å². The normalized spacial score (nSPS) is 22.5. The van der Waals surface area contributed by atoms with Gasteiger partial charge in [-0.2, -0.15) is 0 Å². The molecule has 1 atom stereocenters. The largest absolute Gasteiger partial charge is 0.444 e. The fourth-order valence-corrected chi connectivity index (χ4v) is 7.19. The van der Waals surface area contributed by atoms with Gasteiger partial charge in [0.1, 0.15) is 5.60 Å². The van der Waals surface area contributed by atoms with Gasteiger partial charge in [-0.25, -0.2) is 14.6 Å². The lowest BCUT2D eigenvalue weighted by molar-refractivity contribution is -0.135. The molecule has 1 saturated heterocycles. The number of carbonyl (C=O) groups is 3. The molecule has 0 unspecified atom stereocenters. The first-order valence-corrected chi connectivity index (χ1v) is 17.3. The number of hydrazine groups is 1. The van der Waals surface area contributed by atoms with Crippen LogP contribution in [0.3, 0.4) is 0 Å².